The lowest BCUT2D eigenvalue weighted by atomic mass is 9.98. The lowest BCUT2D eigenvalue weighted by Crippen LogP contribution is -2.31. The fraction of sp³-hybridized carbons (Fsp3) is 0.231. The molecule has 0 aromatic heterocycles. The van der Waals surface area contributed by atoms with Crippen molar-refractivity contribution in [3.63, 3.8) is 0 Å². The summed E-state index contributed by atoms with van der Waals surface area (Å²) >= 11 is 2.96. The van der Waals surface area contributed by atoms with Crippen molar-refractivity contribution in [1.29, 1.82) is 0 Å². The van der Waals surface area contributed by atoms with Crippen LogP contribution in [0.15, 0.2) is 48.6 Å². The highest BCUT2D eigenvalue weighted by Gasteiger charge is 2.40. The Hall–Kier alpha value is -1.07. The highest BCUT2D eigenvalue weighted by atomic mass is 79.9. The number of allylic oxidation sites excluding steroid dienone is 2. The van der Waals surface area contributed by atoms with Crippen LogP contribution in [-0.4, -0.2) is 10.9 Å². The predicted octanol–water partition coefficient (Wildman–Crippen LogP) is 4.66. The average Bonchev–Trinajstić information content (AvgIpc) is 2.28. The van der Waals surface area contributed by atoms with Crippen molar-refractivity contribution in [3.05, 3.63) is 54.1 Å². The van der Waals surface area contributed by atoms with Crippen molar-refractivity contribution in [3.8, 4) is 0 Å². The number of alkyl halides is 4. The molecular formula is C13H10BrF3O. The van der Waals surface area contributed by atoms with Crippen LogP contribution >= 0.6 is 15.9 Å². The van der Waals surface area contributed by atoms with Crippen LogP contribution in [0.2, 0.25) is 0 Å². The van der Waals surface area contributed by atoms with Crippen molar-refractivity contribution >= 4 is 21.5 Å². The first kappa shape index (κ1) is 13.4. The van der Waals surface area contributed by atoms with Crippen molar-refractivity contribution in [2.45, 2.75) is 17.3 Å². The van der Waals surface area contributed by atoms with Gasteiger partial charge in [-0.3, -0.25) is 4.74 Å². The minimum absolute atomic E-state index is 0.118. The van der Waals surface area contributed by atoms with E-state index in [2.05, 4.69) is 20.7 Å². The minimum Gasteiger partial charge on any atom is -0.269 e. The number of ether oxygens (including phenoxy) is 1. The molecule has 1 nitrogen and oxygen atoms in total. The lowest BCUT2D eigenvalue weighted by molar-refractivity contribution is -0.341. The smallest absolute Gasteiger partial charge is 0.269 e. The van der Waals surface area contributed by atoms with Crippen molar-refractivity contribution in [1.82, 2.24) is 0 Å². The van der Waals surface area contributed by atoms with Gasteiger partial charge in [0.05, 0.1) is 0 Å². The Bertz CT molecular complexity index is 479. The van der Waals surface area contributed by atoms with E-state index in [4.69, 9.17) is 0 Å². The Kier molecular flexibility index (Phi) is 3.64. The summed E-state index contributed by atoms with van der Waals surface area (Å²) in [6.07, 6.45) is 0.178. The quantitative estimate of drug-likeness (QED) is 0.721. The second-order valence-electron chi connectivity index (χ2n) is 3.90. The molecule has 0 radical (unpaired) electrons. The molecule has 0 saturated carbocycles. The molecule has 96 valence electrons. The number of benzene rings is 1. The Labute approximate surface area is 111 Å². The molecule has 0 fully saturated rings. The van der Waals surface area contributed by atoms with Gasteiger partial charge in [-0.05, 0) is 33.1 Å². The van der Waals surface area contributed by atoms with Crippen molar-refractivity contribution in [2.75, 3.05) is 0 Å². The molecule has 2 rings (SSSR count). The van der Waals surface area contributed by atoms with E-state index in [1.165, 1.54) is 6.08 Å². The summed E-state index contributed by atoms with van der Waals surface area (Å²) in [5.74, 6) is 0. The molecule has 5 heteroatoms. The van der Waals surface area contributed by atoms with E-state index in [0.717, 1.165) is 11.1 Å². The first-order chi connectivity index (χ1) is 8.38. The molecule has 0 amide bonds. The summed E-state index contributed by atoms with van der Waals surface area (Å²) in [5.41, 5.74) is 1.85. The monoisotopic (exact) mass is 318 g/mol. The molecule has 1 aliphatic carbocycles. The number of hydrogen-bond donors (Lipinski definition) is 0. The van der Waals surface area contributed by atoms with E-state index < -0.39 is 10.9 Å². The third kappa shape index (κ3) is 3.46. The van der Waals surface area contributed by atoms with E-state index in [0.29, 0.717) is 0 Å². The van der Waals surface area contributed by atoms with Crippen LogP contribution in [-0.2, 0) is 4.74 Å². The van der Waals surface area contributed by atoms with Gasteiger partial charge in [-0.15, -0.1) is 13.2 Å². The average molecular weight is 319 g/mol. The van der Waals surface area contributed by atoms with Gasteiger partial charge in [-0.2, -0.15) is 0 Å². The standard InChI is InChI=1S/C13H10BrF3O/c14-12(18-13(15,16)17)8-6-11(7-9-12)10-4-2-1-3-5-10/h1-8H,9H2. The largest absolute Gasteiger partial charge is 0.524 e. The fourth-order valence-corrected chi connectivity index (χ4v) is 2.19. The maximum absolute atomic E-state index is 12.2. The highest BCUT2D eigenvalue weighted by Crippen LogP contribution is 2.38. The van der Waals surface area contributed by atoms with Gasteiger partial charge in [0.2, 0.25) is 0 Å². The van der Waals surface area contributed by atoms with Crippen LogP contribution in [0.4, 0.5) is 13.2 Å². The van der Waals surface area contributed by atoms with Crippen LogP contribution in [0.5, 0.6) is 0 Å². The van der Waals surface area contributed by atoms with E-state index in [1.54, 1.807) is 12.2 Å². The van der Waals surface area contributed by atoms with Crippen LogP contribution in [0.25, 0.3) is 5.57 Å². The van der Waals surface area contributed by atoms with E-state index >= 15 is 0 Å². The first-order valence-corrected chi connectivity index (χ1v) is 6.08. The summed E-state index contributed by atoms with van der Waals surface area (Å²) < 4.78 is 39.1. The Morgan fingerprint density at radius 2 is 1.83 bits per heavy atom. The van der Waals surface area contributed by atoms with E-state index in [1.807, 2.05) is 30.3 Å². The van der Waals surface area contributed by atoms with Gasteiger partial charge in [0.15, 0.2) is 4.51 Å². The molecule has 18 heavy (non-hydrogen) atoms. The van der Waals surface area contributed by atoms with Crippen molar-refractivity contribution in [2.24, 2.45) is 0 Å². The number of halogens is 4. The molecule has 0 heterocycles. The van der Waals surface area contributed by atoms with Crippen LogP contribution in [0, 0.1) is 0 Å². The summed E-state index contributed by atoms with van der Waals surface area (Å²) in [4.78, 5) is 0. The van der Waals surface area contributed by atoms with E-state index in [9.17, 15) is 13.2 Å². The summed E-state index contributed by atoms with van der Waals surface area (Å²) in [7, 11) is 0. The Balaban J connectivity index is 2.12. The SMILES string of the molecule is FC(F)(F)OC1(Br)C=CC(c2ccccc2)=CC1. The topological polar surface area (TPSA) is 9.23 Å². The number of rotatable bonds is 2. The molecular weight excluding hydrogens is 309 g/mol. The van der Waals surface area contributed by atoms with Crippen LogP contribution in [0.1, 0.15) is 12.0 Å². The molecule has 0 N–H and O–H groups in total. The third-order valence-corrected chi connectivity index (χ3v) is 3.25. The highest BCUT2D eigenvalue weighted by molar-refractivity contribution is 9.10. The number of hydrogen-bond acceptors (Lipinski definition) is 1. The molecule has 0 bridgehead atoms. The fourth-order valence-electron chi connectivity index (χ4n) is 1.71. The summed E-state index contributed by atoms with van der Waals surface area (Å²) in [5, 5.41) is 0. The second-order valence-corrected chi connectivity index (χ2v) is 5.24. The zero-order chi connectivity index (χ0) is 13.2. The van der Waals surface area contributed by atoms with E-state index in [-0.39, 0.29) is 6.42 Å². The molecule has 1 atom stereocenters. The summed E-state index contributed by atoms with van der Waals surface area (Å²) in [6.45, 7) is 0. The maximum atomic E-state index is 12.2. The van der Waals surface area contributed by atoms with Gasteiger partial charge >= 0.3 is 6.36 Å². The summed E-state index contributed by atoms with van der Waals surface area (Å²) in [6, 6.07) is 9.46. The lowest BCUT2D eigenvalue weighted by Gasteiger charge is -2.27. The van der Waals surface area contributed by atoms with Gasteiger partial charge < -0.3 is 0 Å². The van der Waals surface area contributed by atoms with Gasteiger partial charge in [0.25, 0.3) is 0 Å². The Morgan fingerprint density at radius 1 is 1.17 bits per heavy atom. The minimum atomic E-state index is -4.66. The molecule has 1 aromatic carbocycles. The van der Waals surface area contributed by atoms with Crippen molar-refractivity contribution < 1.29 is 17.9 Å². The van der Waals surface area contributed by atoms with Gasteiger partial charge in [-0.25, -0.2) is 0 Å². The zero-order valence-electron chi connectivity index (χ0n) is 9.25. The Morgan fingerprint density at radius 3 is 2.33 bits per heavy atom. The van der Waals surface area contributed by atoms with Gasteiger partial charge in [0, 0.05) is 6.42 Å². The molecule has 1 aliphatic rings. The normalized spacial score (nSPS) is 23.9. The van der Waals surface area contributed by atoms with Crippen LogP contribution in [0.3, 0.4) is 0 Å². The molecule has 1 aromatic rings. The van der Waals surface area contributed by atoms with Gasteiger partial charge in [0.1, 0.15) is 0 Å². The zero-order valence-corrected chi connectivity index (χ0v) is 10.8. The third-order valence-electron chi connectivity index (χ3n) is 2.50. The maximum Gasteiger partial charge on any atom is 0.524 e. The van der Waals surface area contributed by atoms with Gasteiger partial charge in [-0.1, -0.05) is 42.5 Å². The molecule has 0 aliphatic heterocycles. The molecule has 0 saturated heterocycles. The first-order valence-electron chi connectivity index (χ1n) is 5.29. The molecule has 0 spiro atoms. The second kappa shape index (κ2) is 4.90. The molecule has 1 unspecified atom stereocenters. The predicted molar refractivity (Wildman–Crippen MR) is 67.0 cm³/mol. The van der Waals surface area contributed by atoms with Crippen LogP contribution < -0.4 is 0 Å².